The second-order valence-electron chi connectivity index (χ2n) is 21.6. The van der Waals surface area contributed by atoms with Crippen LogP contribution >= 0.6 is 0 Å². The third kappa shape index (κ3) is 8.02. The lowest BCUT2D eigenvalue weighted by Crippen LogP contribution is -2.18. The number of furan rings is 1. The fourth-order valence-electron chi connectivity index (χ4n) is 11.2. The Morgan fingerprint density at radius 3 is 1.69 bits per heavy atom. The van der Waals surface area contributed by atoms with Crippen molar-refractivity contribution >= 4 is 55.8 Å². The van der Waals surface area contributed by atoms with Crippen LogP contribution in [0.1, 0.15) is 81.7 Å². The van der Waals surface area contributed by atoms with Crippen molar-refractivity contribution < 1.29 is 4.42 Å². The van der Waals surface area contributed by atoms with Gasteiger partial charge in [-0.3, -0.25) is 0 Å². The van der Waals surface area contributed by atoms with Crippen molar-refractivity contribution in [1.82, 2.24) is 0 Å². The zero-order valence-electron chi connectivity index (χ0n) is 42.1. The first-order chi connectivity index (χ1) is 35.0. The highest BCUT2D eigenvalue weighted by Crippen LogP contribution is 2.51. The highest BCUT2D eigenvalue weighted by molar-refractivity contribution is 6.11. The molecule has 10 aromatic carbocycles. The zero-order valence-corrected chi connectivity index (χ0v) is 42.1. The summed E-state index contributed by atoms with van der Waals surface area (Å²) >= 11 is 0. The fraction of sp³-hybridized carbons (Fsp3) is 0.143. The van der Waals surface area contributed by atoms with Gasteiger partial charge in [-0.25, -0.2) is 0 Å². The van der Waals surface area contributed by atoms with Crippen LogP contribution in [0.2, 0.25) is 0 Å². The quantitative estimate of drug-likeness (QED) is 0.151. The molecule has 1 aliphatic rings. The topological polar surface area (TPSA) is 16.4 Å². The van der Waals surface area contributed by atoms with E-state index in [0.29, 0.717) is 0 Å². The number of anilines is 3. The molecule has 1 unspecified atom stereocenters. The lowest BCUT2D eigenvalue weighted by Gasteiger charge is -2.33. The molecule has 1 aliphatic carbocycles. The molecular weight excluding hydrogens is 871 g/mol. The summed E-state index contributed by atoms with van der Waals surface area (Å²) in [5.41, 5.74) is 21.3. The van der Waals surface area contributed by atoms with E-state index < -0.39 is 0 Å². The van der Waals surface area contributed by atoms with Gasteiger partial charge in [0, 0.05) is 39.1 Å². The molecule has 72 heavy (non-hydrogen) atoms. The summed E-state index contributed by atoms with van der Waals surface area (Å²) in [7, 11) is 0. The molecule has 0 spiro atoms. The molecule has 0 N–H and O–H groups in total. The van der Waals surface area contributed by atoms with E-state index in [0.717, 1.165) is 62.1 Å². The SMILES string of the molecule is CC(C)(C)c1cc(C2CC=Cc3cccc(-c4ccccc4N(c4ccc(-c5cccc6c5oc5ccccc56)cc4)c4ccccc4-c4cccc5cccc(-c6ccccc6)c45)c32)cc(C(C)(C)C)c1. The van der Waals surface area contributed by atoms with Crippen molar-refractivity contribution in [2.45, 2.75) is 64.7 Å². The summed E-state index contributed by atoms with van der Waals surface area (Å²) in [6, 6.07) is 80.6. The van der Waals surface area contributed by atoms with Crippen LogP contribution in [-0.4, -0.2) is 0 Å². The van der Waals surface area contributed by atoms with E-state index in [4.69, 9.17) is 4.42 Å². The van der Waals surface area contributed by atoms with E-state index in [1.54, 1.807) is 0 Å². The van der Waals surface area contributed by atoms with Gasteiger partial charge in [0.25, 0.3) is 0 Å². The second-order valence-corrected chi connectivity index (χ2v) is 21.6. The Balaban J connectivity index is 1.08. The summed E-state index contributed by atoms with van der Waals surface area (Å²) in [4.78, 5) is 2.51. The summed E-state index contributed by atoms with van der Waals surface area (Å²) in [5.74, 6) is 0.172. The molecular formula is C70H59NO. The van der Waals surface area contributed by atoms with Crippen molar-refractivity contribution in [2.24, 2.45) is 0 Å². The van der Waals surface area contributed by atoms with Crippen LogP contribution in [-0.2, 0) is 10.8 Å². The molecule has 1 atom stereocenters. The first kappa shape index (κ1) is 45.0. The van der Waals surface area contributed by atoms with Gasteiger partial charge in [-0.2, -0.15) is 0 Å². The number of hydrogen-bond acceptors (Lipinski definition) is 2. The summed E-state index contributed by atoms with van der Waals surface area (Å²) in [5, 5.41) is 4.70. The highest BCUT2D eigenvalue weighted by Gasteiger charge is 2.30. The molecule has 11 aromatic rings. The summed E-state index contributed by atoms with van der Waals surface area (Å²) in [6.45, 7) is 14.0. The number of allylic oxidation sites excluding steroid dienone is 1. The van der Waals surface area contributed by atoms with Crippen LogP contribution in [0.3, 0.4) is 0 Å². The standard InChI is InChI=1S/C70H59NO/c1-69(2,3)51-43-50(44-52(45-51)70(4,5)6)55-31-17-24-49-26-19-34-61(67(49)55)58-28-11-14-37-64(58)71(53-41-39-47(40-42-53)56-32-20-35-62-59-29-12-15-38-65(59)72-68(56)62)63-36-13-10-27-57(63)60-33-18-25-48-23-16-30-54(66(48)60)46-21-8-7-9-22-46/h7-30,32-45,55H,31H2,1-6H3. The van der Waals surface area contributed by atoms with E-state index >= 15 is 0 Å². The lowest BCUT2D eigenvalue weighted by molar-refractivity contribution is 0.565. The van der Waals surface area contributed by atoms with Gasteiger partial charge in [-0.15, -0.1) is 0 Å². The molecule has 0 saturated carbocycles. The van der Waals surface area contributed by atoms with E-state index in [9.17, 15) is 0 Å². The van der Waals surface area contributed by atoms with Gasteiger partial charge in [-0.05, 0) is 114 Å². The third-order valence-electron chi connectivity index (χ3n) is 14.9. The minimum absolute atomic E-state index is 0.00339. The number of benzene rings is 10. The first-order valence-corrected chi connectivity index (χ1v) is 25.5. The fourth-order valence-corrected chi connectivity index (χ4v) is 11.2. The molecule has 2 heteroatoms. The van der Waals surface area contributed by atoms with Crippen molar-refractivity contribution in [3.8, 4) is 44.5 Å². The Labute approximate surface area is 424 Å². The summed E-state index contributed by atoms with van der Waals surface area (Å²) < 4.78 is 6.58. The summed E-state index contributed by atoms with van der Waals surface area (Å²) in [6.07, 6.45) is 5.66. The first-order valence-electron chi connectivity index (χ1n) is 25.5. The molecule has 0 saturated heterocycles. The highest BCUT2D eigenvalue weighted by atomic mass is 16.3. The lowest BCUT2D eigenvalue weighted by atomic mass is 9.74. The third-order valence-corrected chi connectivity index (χ3v) is 14.9. The van der Waals surface area contributed by atoms with Gasteiger partial charge in [-0.1, -0.05) is 242 Å². The largest absolute Gasteiger partial charge is 0.455 e. The van der Waals surface area contributed by atoms with E-state index in [-0.39, 0.29) is 16.7 Å². The molecule has 0 fully saturated rings. The van der Waals surface area contributed by atoms with Gasteiger partial charge in [0.2, 0.25) is 0 Å². The molecule has 0 aliphatic heterocycles. The van der Waals surface area contributed by atoms with Crippen LogP contribution in [0, 0.1) is 0 Å². The average molecular weight is 930 g/mol. The normalized spacial score (nSPS) is 13.7. The number of nitrogens with zero attached hydrogens (tertiary/aromatic N) is 1. The monoisotopic (exact) mass is 929 g/mol. The molecule has 0 amide bonds. The van der Waals surface area contributed by atoms with Crippen LogP contribution in [0.25, 0.3) is 83.3 Å². The van der Waals surface area contributed by atoms with Crippen LogP contribution in [0.5, 0.6) is 0 Å². The number of hydrogen-bond donors (Lipinski definition) is 0. The van der Waals surface area contributed by atoms with Gasteiger partial charge in [0.1, 0.15) is 11.2 Å². The molecule has 1 aromatic heterocycles. The number of para-hydroxylation sites is 4. The van der Waals surface area contributed by atoms with Gasteiger partial charge < -0.3 is 9.32 Å². The smallest absolute Gasteiger partial charge is 0.143 e. The number of rotatable bonds is 8. The molecule has 0 radical (unpaired) electrons. The maximum absolute atomic E-state index is 6.58. The predicted molar refractivity (Wildman–Crippen MR) is 307 cm³/mol. The molecule has 12 rings (SSSR count). The Morgan fingerprint density at radius 1 is 0.444 bits per heavy atom. The maximum Gasteiger partial charge on any atom is 0.143 e. The van der Waals surface area contributed by atoms with Crippen LogP contribution in [0.15, 0.2) is 229 Å². The van der Waals surface area contributed by atoms with E-state index in [1.807, 2.05) is 6.07 Å². The van der Waals surface area contributed by atoms with Crippen LogP contribution in [0.4, 0.5) is 17.1 Å². The minimum Gasteiger partial charge on any atom is -0.455 e. The average Bonchev–Trinajstić information content (AvgIpc) is 3.80. The Morgan fingerprint density at radius 2 is 0.986 bits per heavy atom. The van der Waals surface area contributed by atoms with Gasteiger partial charge >= 0.3 is 0 Å². The molecule has 2 nitrogen and oxygen atoms in total. The second kappa shape index (κ2) is 17.9. The number of fused-ring (bicyclic) bond motifs is 5. The van der Waals surface area contributed by atoms with Gasteiger partial charge in [0.05, 0.1) is 11.4 Å². The van der Waals surface area contributed by atoms with Crippen molar-refractivity contribution in [2.75, 3.05) is 4.90 Å². The van der Waals surface area contributed by atoms with E-state index in [1.165, 1.54) is 66.4 Å². The zero-order chi connectivity index (χ0) is 49.1. The van der Waals surface area contributed by atoms with Crippen molar-refractivity contribution in [1.29, 1.82) is 0 Å². The van der Waals surface area contributed by atoms with Crippen molar-refractivity contribution in [3.63, 3.8) is 0 Å². The predicted octanol–water partition coefficient (Wildman–Crippen LogP) is 20.0. The molecule has 1 heterocycles. The molecule has 0 bridgehead atoms. The molecule has 350 valence electrons. The Bertz CT molecular complexity index is 3820. The van der Waals surface area contributed by atoms with E-state index in [2.05, 4.69) is 271 Å². The Kier molecular flexibility index (Phi) is 11.2. The van der Waals surface area contributed by atoms with Gasteiger partial charge in [0.15, 0.2) is 0 Å². The minimum atomic E-state index is 0.00339. The van der Waals surface area contributed by atoms with Crippen molar-refractivity contribution in [3.05, 3.63) is 252 Å². The Hall–Kier alpha value is -8.20. The maximum atomic E-state index is 6.58. The van der Waals surface area contributed by atoms with Crippen LogP contribution < -0.4 is 4.90 Å².